The summed E-state index contributed by atoms with van der Waals surface area (Å²) in [6.45, 7) is 24.7. The first kappa shape index (κ1) is 64.5. The number of carbonyl (C=O) groups is 1. The number of imidazole rings is 2. The van der Waals surface area contributed by atoms with E-state index in [9.17, 15) is 4.79 Å². The summed E-state index contributed by atoms with van der Waals surface area (Å²) < 4.78 is 30.1. The van der Waals surface area contributed by atoms with Gasteiger partial charge in [-0.15, -0.1) is 0 Å². The highest BCUT2D eigenvalue weighted by Gasteiger charge is 2.52. The quantitative estimate of drug-likeness (QED) is 0.0652. The van der Waals surface area contributed by atoms with Gasteiger partial charge in [0.15, 0.2) is 0 Å². The number of amides is 1. The number of nitrogens with one attached hydrogen (secondary N) is 2. The van der Waals surface area contributed by atoms with Gasteiger partial charge in [0.25, 0.3) is 0 Å². The Labute approximate surface area is 529 Å². The van der Waals surface area contributed by atoms with Crippen molar-refractivity contribution in [2.24, 2.45) is 0 Å². The topological polar surface area (TPSA) is 177 Å². The average Bonchev–Trinajstić information content (AvgIpc) is 1.90. The van der Waals surface area contributed by atoms with Gasteiger partial charge in [-0.3, -0.25) is 19.3 Å². The molecule has 7 heterocycles. The van der Waals surface area contributed by atoms with Gasteiger partial charge in [0.05, 0.1) is 77.0 Å². The van der Waals surface area contributed by atoms with Crippen LogP contribution in [0, 0.1) is 0 Å². The number of hydrogen-bond acceptors (Lipinski definition) is 12. The van der Waals surface area contributed by atoms with Gasteiger partial charge in [-0.25, -0.2) is 14.8 Å². The van der Waals surface area contributed by atoms with Crippen LogP contribution in [0.15, 0.2) is 151 Å². The second-order valence-electron chi connectivity index (χ2n) is 24.7. The van der Waals surface area contributed by atoms with Gasteiger partial charge in [-0.05, 0) is 138 Å². The zero-order chi connectivity index (χ0) is 62.3. The number of nitrogens with zero attached hydrogens (tertiary/aromatic N) is 10. The van der Waals surface area contributed by atoms with Crippen LogP contribution in [0.2, 0.25) is 35.7 Å². The zero-order valence-electron chi connectivity index (χ0n) is 51.5. The van der Waals surface area contributed by atoms with Crippen LogP contribution < -0.4 is 10.8 Å². The molecule has 22 heteroatoms. The van der Waals surface area contributed by atoms with Crippen molar-refractivity contribution in [2.75, 3.05) is 33.8 Å². The maximum atomic E-state index is 12.0. The van der Waals surface area contributed by atoms with E-state index in [2.05, 4.69) is 124 Å². The third-order valence-corrected chi connectivity index (χ3v) is 17.5. The van der Waals surface area contributed by atoms with Crippen molar-refractivity contribution in [3.63, 3.8) is 0 Å². The third-order valence-electron chi connectivity index (χ3n) is 14.9. The molecule has 0 unspecified atom stereocenters. The first-order valence-electron chi connectivity index (χ1n) is 29.0. The number of hydrogen-bond donors (Lipinski definition) is 2. The molecule has 2 N–H and O–H groups in total. The molecule has 0 bridgehead atoms. The van der Waals surface area contributed by atoms with Crippen LogP contribution in [-0.2, 0) is 38.6 Å². The van der Waals surface area contributed by atoms with Gasteiger partial charge >= 0.3 is 13.2 Å². The van der Waals surface area contributed by atoms with Gasteiger partial charge < -0.3 is 38.6 Å². The molecule has 1 aliphatic rings. The van der Waals surface area contributed by atoms with E-state index in [-0.39, 0.29) is 17.3 Å². The highest BCUT2D eigenvalue weighted by atomic mass is 79.9. The van der Waals surface area contributed by atoms with Crippen molar-refractivity contribution in [3.05, 3.63) is 161 Å². The molecule has 1 aliphatic heterocycles. The fourth-order valence-corrected chi connectivity index (χ4v) is 10.9. The standard InChI is InChI=1S/C24H25BrClN3OSi.C24H21ClN6.C17H30BN3O4/c1-31(2,3)10-9-30-16-29-15-28-23(24(29)18-5-4-6-21(26)13-18)17-7-8-22-19(11-17)12-20(25)14-27-22;1-26-7-8-31-14-20(13-30-31)19-10-18-9-17(5-6-22(18)27-12-19)24-23(28-15-29-24)16-3-2-4-21(25)11-16;1-15(2,3)23-14(22)20(8)9-10-21-12-13(11-19-21)18-24-16(4,5)17(6,7)25-18/h4-8,11-15H,9-10,16H2,1-3H3;2-6,9-15,26H,7-8H2,1H3,(H,28,29);11-12H,9-10H2,1-8H3. The minimum absolute atomic E-state index is 0.342. The fourth-order valence-electron chi connectivity index (χ4n) is 9.38. The zero-order valence-corrected chi connectivity index (χ0v) is 55.6. The van der Waals surface area contributed by atoms with Crippen LogP contribution in [-0.4, -0.2) is 126 Å². The lowest BCUT2D eigenvalue weighted by Gasteiger charge is -2.32. The maximum absolute atomic E-state index is 12.0. The number of carbonyl (C=O) groups excluding carboxylic acids is 1. The van der Waals surface area contributed by atoms with Gasteiger partial charge in [0.2, 0.25) is 0 Å². The molecule has 0 spiro atoms. The van der Waals surface area contributed by atoms with Crippen molar-refractivity contribution in [1.82, 2.24) is 59.3 Å². The predicted molar refractivity (Wildman–Crippen MR) is 357 cm³/mol. The summed E-state index contributed by atoms with van der Waals surface area (Å²) >= 11 is 16.0. The third kappa shape index (κ3) is 16.8. The smallest absolute Gasteiger partial charge is 0.444 e. The number of fused-ring (bicyclic) bond motifs is 2. The van der Waals surface area contributed by atoms with E-state index in [0.717, 1.165) is 114 Å². The summed E-state index contributed by atoms with van der Waals surface area (Å²) in [7, 11) is 2.09. The monoisotopic (exact) mass is 1290 g/mol. The first-order chi connectivity index (χ1) is 41.3. The Balaban J connectivity index is 0.000000157. The van der Waals surface area contributed by atoms with E-state index < -0.39 is 20.8 Å². The van der Waals surface area contributed by atoms with E-state index in [4.69, 9.17) is 47.0 Å². The van der Waals surface area contributed by atoms with Crippen molar-refractivity contribution >= 4 is 87.7 Å². The van der Waals surface area contributed by atoms with Crippen LogP contribution in [0.5, 0.6) is 0 Å². The van der Waals surface area contributed by atoms with Crippen LogP contribution in [0.3, 0.4) is 0 Å². The molecular weight excluding hydrogens is 1220 g/mol. The SMILES string of the molecule is CN(CCn1cc(B2OC(C)(C)C(C)(C)O2)cn1)C(=O)OC(C)(C)C.CNCCn1cc(-c2cnc3ccc(-c4[nH]cnc4-c4cccc(Cl)c4)cc3c2)cn1.C[Si](C)(C)CCOCn1cnc(-c2ccc3ncc(Br)cc3c2)c1-c1cccc(Cl)c1. The van der Waals surface area contributed by atoms with E-state index in [1.807, 2.05) is 146 Å². The molecule has 10 aromatic rings. The van der Waals surface area contributed by atoms with Crippen molar-refractivity contribution in [2.45, 2.75) is 111 Å². The van der Waals surface area contributed by atoms with Gasteiger partial charge in [-0.2, -0.15) is 10.2 Å². The van der Waals surface area contributed by atoms with Crippen LogP contribution in [0.25, 0.3) is 78.0 Å². The highest BCUT2D eigenvalue weighted by Crippen LogP contribution is 2.38. The molecule has 0 atom stereocenters. The van der Waals surface area contributed by atoms with E-state index in [0.29, 0.717) is 29.9 Å². The van der Waals surface area contributed by atoms with Crippen LogP contribution in [0.4, 0.5) is 4.79 Å². The molecule has 1 fully saturated rings. The Hall–Kier alpha value is -7.01. The lowest BCUT2D eigenvalue weighted by Crippen LogP contribution is -2.41. The second kappa shape index (κ2) is 27.6. The summed E-state index contributed by atoms with van der Waals surface area (Å²) in [5.74, 6) is 0. The Morgan fingerprint density at radius 1 is 0.736 bits per heavy atom. The fraction of sp³-hybridized carbons (Fsp3) is 0.338. The molecule has 1 amide bonds. The summed E-state index contributed by atoms with van der Waals surface area (Å²) in [6.07, 6.45) is 14.5. The summed E-state index contributed by atoms with van der Waals surface area (Å²) in [5, 5.41) is 15.4. The molecule has 454 valence electrons. The van der Waals surface area contributed by atoms with Crippen molar-refractivity contribution in [3.8, 4) is 56.2 Å². The number of halogens is 3. The van der Waals surface area contributed by atoms with Crippen molar-refractivity contribution in [1.29, 1.82) is 0 Å². The average molecular weight is 1300 g/mol. The van der Waals surface area contributed by atoms with E-state index in [1.165, 1.54) is 0 Å². The molecule has 11 rings (SSSR count). The number of rotatable bonds is 17. The Morgan fingerprint density at radius 2 is 1.36 bits per heavy atom. The van der Waals surface area contributed by atoms with Crippen LogP contribution >= 0.6 is 39.1 Å². The number of likely N-dealkylation sites (N-methyl/N-ethyl adjacent to an activating group) is 2. The predicted octanol–water partition coefficient (Wildman–Crippen LogP) is 14.6. The molecule has 6 aromatic heterocycles. The minimum atomic E-state index is -1.14. The number of benzene rings is 4. The molecule has 17 nitrogen and oxygen atoms in total. The number of aromatic nitrogens is 10. The largest absolute Gasteiger partial charge is 0.498 e. The minimum Gasteiger partial charge on any atom is -0.444 e. The van der Waals surface area contributed by atoms with Crippen molar-refractivity contribution < 1.29 is 23.6 Å². The molecule has 0 saturated carbocycles. The molecule has 87 heavy (non-hydrogen) atoms. The molecule has 1 saturated heterocycles. The molecule has 4 aromatic carbocycles. The number of pyridine rings is 2. The normalized spacial score (nSPS) is 13.8. The lowest BCUT2D eigenvalue weighted by atomic mass is 9.82. The van der Waals surface area contributed by atoms with Gasteiger partial charge in [0, 0.05) is 130 Å². The molecule has 0 aliphatic carbocycles. The van der Waals surface area contributed by atoms with Gasteiger partial charge in [-0.1, -0.05) is 79.2 Å². The Morgan fingerprint density at radius 3 is 2.05 bits per heavy atom. The Kier molecular flexibility index (Phi) is 20.4. The highest BCUT2D eigenvalue weighted by molar-refractivity contribution is 9.10. The van der Waals surface area contributed by atoms with E-state index in [1.54, 1.807) is 29.2 Å². The molecular formula is C65H76BBrCl2N12O5Si. The van der Waals surface area contributed by atoms with Crippen LogP contribution in [0.1, 0.15) is 48.5 Å². The number of aromatic amines is 1. The number of H-pyrrole nitrogens is 1. The lowest BCUT2D eigenvalue weighted by molar-refractivity contribution is 0.00578. The summed E-state index contributed by atoms with van der Waals surface area (Å²) in [6, 6.07) is 33.4. The maximum Gasteiger partial charge on any atom is 0.498 e. The second-order valence-corrected chi connectivity index (χ2v) is 32.1. The summed E-state index contributed by atoms with van der Waals surface area (Å²) in [5.41, 5.74) is 11.4. The van der Waals surface area contributed by atoms with Gasteiger partial charge in [0.1, 0.15) is 12.3 Å². The molecule has 0 radical (unpaired) electrons. The van der Waals surface area contributed by atoms with E-state index >= 15 is 0 Å². The number of ether oxygens (including phenoxy) is 2. The summed E-state index contributed by atoms with van der Waals surface area (Å²) in [4.78, 5) is 35.2. The first-order valence-corrected chi connectivity index (χ1v) is 34.2. The Bertz CT molecular complexity index is 3970.